The van der Waals surface area contributed by atoms with Gasteiger partial charge in [-0.15, -0.1) is 0 Å². The molecule has 2 aromatic heterocycles. The van der Waals surface area contributed by atoms with Gasteiger partial charge in [-0.2, -0.15) is 36.3 Å². The van der Waals surface area contributed by atoms with Crippen molar-refractivity contribution in [3.8, 4) is 22.3 Å². The highest BCUT2D eigenvalue weighted by Crippen LogP contribution is 2.36. The number of nitrogens with zero attached hydrogens (tertiary/aromatic N) is 8. The van der Waals surface area contributed by atoms with E-state index in [1.807, 2.05) is 37.5 Å². The fourth-order valence-corrected chi connectivity index (χ4v) is 11.7. The van der Waals surface area contributed by atoms with Crippen LogP contribution in [0.15, 0.2) is 159 Å². The number of aromatic nitrogens is 4. The molecular weight excluding hydrogens is 1280 g/mol. The first-order valence-electron chi connectivity index (χ1n) is 40.5. The first-order valence-corrected chi connectivity index (χ1v) is 32.2. The summed E-state index contributed by atoms with van der Waals surface area (Å²) in [7, 11) is 0. The Labute approximate surface area is 591 Å². The molecule has 0 bridgehead atoms. The van der Waals surface area contributed by atoms with Crippen LogP contribution in [-0.4, -0.2) is 103 Å². The van der Waals surface area contributed by atoms with E-state index in [0.29, 0.717) is 78.9 Å². The first-order chi connectivity index (χ1) is 53.7. The van der Waals surface area contributed by atoms with Gasteiger partial charge >= 0.3 is 12.4 Å². The molecule has 0 N–H and O–H groups in total. The second-order valence-corrected chi connectivity index (χ2v) is 23.4. The van der Waals surface area contributed by atoms with Crippen LogP contribution in [0.1, 0.15) is 130 Å². The van der Waals surface area contributed by atoms with Crippen molar-refractivity contribution in [1.82, 2.24) is 38.7 Å². The lowest BCUT2D eigenvalue weighted by Gasteiger charge is -2.28. The first kappa shape index (κ1) is 49.6. The van der Waals surface area contributed by atoms with Crippen LogP contribution in [0.25, 0.3) is 22.3 Å². The monoisotopic (exact) mass is 1380 g/mol. The normalized spacial score (nSPS) is 19.0. The predicted molar refractivity (Wildman–Crippen MR) is 362 cm³/mol. The lowest BCUT2D eigenvalue weighted by atomic mass is 9.98. The highest BCUT2D eigenvalue weighted by atomic mass is 32.2. The van der Waals surface area contributed by atoms with Crippen LogP contribution in [0.3, 0.4) is 0 Å². The van der Waals surface area contributed by atoms with Gasteiger partial charge in [-0.3, -0.25) is 19.2 Å². The van der Waals surface area contributed by atoms with Crippen molar-refractivity contribution in [2.24, 2.45) is 5.89 Å². The molecule has 2 heterocycles. The van der Waals surface area contributed by atoms with Crippen molar-refractivity contribution in [2.75, 3.05) is 52.4 Å². The van der Waals surface area contributed by atoms with Gasteiger partial charge in [-0.25, -0.2) is 8.78 Å². The van der Waals surface area contributed by atoms with Crippen molar-refractivity contribution < 1.29 is 72.1 Å². The quantitative estimate of drug-likeness (QED) is 0.0295. The molecular formula is C74H80F8N8O4S2. The summed E-state index contributed by atoms with van der Waals surface area (Å²) in [6, 6.07) is 11.3. The number of thioether (sulfide) groups is 2. The third-order valence-electron chi connectivity index (χ3n) is 15.5. The van der Waals surface area contributed by atoms with Crippen LogP contribution in [0.5, 0.6) is 0 Å². The number of hydrogen-bond donors (Lipinski definition) is 0. The van der Waals surface area contributed by atoms with Gasteiger partial charge in [0.05, 0.1) is 26.2 Å². The summed E-state index contributed by atoms with van der Waals surface area (Å²) in [5.41, 5.74) is -12.5. The molecule has 0 radical (unpaired) electrons. The van der Waals surface area contributed by atoms with Gasteiger partial charge < -0.3 is 28.7 Å². The highest BCUT2D eigenvalue weighted by Gasteiger charge is 2.34. The van der Waals surface area contributed by atoms with Gasteiger partial charge in [-0.05, 0) is 164 Å². The molecule has 8 aromatic rings. The largest absolute Gasteiger partial charge is 0.416 e. The van der Waals surface area contributed by atoms with E-state index in [0.717, 1.165) is 71.8 Å². The number of carbonyl (C=O) groups excluding carboxylic acids is 2. The van der Waals surface area contributed by atoms with Crippen LogP contribution in [0.2, 0.25) is 0 Å². The molecule has 2 aliphatic rings. The Morgan fingerprint density at radius 2 is 1.03 bits per heavy atom. The van der Waals surface area contributed by atoms with Crippen LogP contribution >= 0.6 is 23.5 Å². The maximum atomic E-state index is 14.6. The van der Waals surface area contributed by atoms with E-state index in [9.17, 15) is 59.8 Å². The smallest absolute Gasteiger partial charge is 0.336 e. The third kappa shape index (κ3) is 19.0. The maximum absolute atomic E-state index is 14.6. The number of hydrogen-bond acceptors (Lipinski definition) is 10. The summed E-state index contributed by atoms with van der Waals surface area (Å²) < 4.78 is 287. The van der Waals surface area contributed by atoms with E-state index >= 15 is 0 Å². The molecule has 1 atom stereocenters. The van der Waals surface area contributed by atoms with Gasteiger partial charge in [0.25, 0.3) is 11.1 Å². The molecule has 508 valence electrons. The number of likely N-dealkylation sites (N-methyl/N-ethyl adjacent to an activating group) is 2. The summed E-state index contributed by atoms with van der Waals surface area (Å²) in [5, 5.41) is -0.793. The number of carbonyl (C=O) groups is 2. The number of benzene rings is 6. The van der Waals surface area contributed by atoms with Gasteiger partial charge in [0.2, 0.25) is 11.8 Å². The SMILES string of the molecule is [2H]C([2H])(Sc1nc(=O)c2c(n1CC(=O)N(CCN(CC)CC)C([2H])([2H])c1ccc(-c3ccc(C(F)(F)F)cc3)cc1)C([2H])([2H])C([2H])(C)C2([2H])[2H])c1ccc(F)cc1.[2H]c1c([2H])c(C([2H])([2H])N(CCN(CC)CC)C(=O)Cn2c(SC([2H])([2H])c3ccc(F)cc3)nc(=O)c3c2CCC3)c([2H])c([2H])c1-c1c([2H])c([2H])c(C(F)(F)F)c(C)c1[2H]. The Kier molecular flexibility index (Phi) is 17.0. The summed E-state index contributed by atoms with van der Waals surface area (Å²) in [5.74, 6) is -5.88. The topological polar surface area (TPSA) is 117 Å². The Hall–Kier alpha value is -7.92. The van der Waals surface area contributed by atoms with Crippen molar-refractivity contribution >= 4 is 35.3 Å². The molecule has 22 heteroatoms. The Morgan fingerprint density at radius 3 is 1.52 bits per heavy atom. The lowest BCUT2D eigenvalue weighted by Crippen LogP contribution is -2.40. The molecule has 12 nitrogen and oxygen atoms in total. The van der Waals surface area contributed by atoms with E-state index in [1.165, 1.54) is 53.1 Å². The molecule has 0 fully saturated rings. The van der Waals surface area contributed by atoms with Gasteiger partial charge in [0.1, 0.15) is 24.7 Å². The molecule has 1 unspecified atom stereocenters. The minimum atomic E-state index is -5.12. The van der Waals surface area contributed by atoms with E-state index in [1.54, 1.807) is 0 Å². The zero-order chi connectivity index (χ0) is 86.6. The van der Waals surface area contributed by atoms with E-state index in [-0.39, 0.29) is 65.4 Å². The van der Waals surface area contributed by atoms with Crippen LogP contribution in [0, 0.1) is 24.5 Å². The van der Waals surface area contributed by atoms with Crippen LogP contribution in [-0.2, 0) is 85.0 Å². The number of rotatable bonds is 26. The predicted octanol–water partition coefficient (Wildman–Crippen LogP) is 15.0. The molecule has 10 rings (SSSR count). The van der Waals surface area contributed by atoms with Crippen molar-refractivity contribution in [3.05, 3.63) is 233 Å². The minimum Gasteiger partial charge on any atom is -0.336 e. The van der Waals surface area contributed by atoms with Gasteiger partial charge in [0.15, 0.2) is 10.3 Å². The standard InChI is InChI=1S/2C37H40F4N4O2S/c1-4-43(5-2)18-19-44(22-26-6-10-28(11-7-26)29-12-14-30(15-13-29)37(39,40)41)34(46)23-45-33-21-25(3)20-32(33)35(47)42-36(45)48-24-27-8-16-31(38)17-9-27;1-4-43(5-2)19-20-44(22-26-9-13-28(14-10-26)29-15-18-32(25(3)21-29)37(39,40)41)34(46)23-45-33-8-6-7-31(33)35(47)42-36(45)48-24-27-11-16-30(38)17-12-27/h6-17,25H,4-5,18-24H2,1-3H3;9-18,21H,4-8,19-20,22-24H2,1-3H3/i20D2,21D2,22D2,24D2,25D;9D,10D,13D,14D,15D,18D,21D,22D2,24D2. The van der Waals surface area contributed by atoms with Crippen molar-refractivity contribution in [2.45, 2.75) is 134 Å². The van der Waals surface area contributed by atoms with Crippen molar-refractivity contribution in [3.63, 3.8) is 0 Å². The molecule has 0 spiro atoms. The number of amides is 2. The number of alkyl halides is 6. The van der Waals surface area contributed by atoms with Gasteiger partial charge in [0, 0.05) is 85.4 Å². The Bertz CT molecular complexity index is 5100. The maximum Gasteiger partial charge on any atom is 0.416 e. The van der Waals surface area contributed by atoms with Crippen LogP contribution in [0.4, 0.5) is 35.1 Å². The Morgan fingerprint density at radius 1 is 0.573 bits per heavy atom. The van der Waals surface area contributed by atoms with Gasteiger partial charge in [-0.1, -0.05) is 155 Å². The van der Waals surface area contributed by atoms with E-state index < -0.39 is 195 Å². The summed E-state index contributed by atoms with van der Waals surface area (Å²) >= 11 is 0.758. The molecule has 96 heavy (non-hydrogen) atoms. The highest BCUT2D eigenvalue weighted by molar-refractivity contribution is 7.98. The zero-order valence-electron chi connectivity index (χ0n) is 73.0. The minimum absolute atomic E-state index is 0.0260. The molecule has 0 aliphatic heterocycles. The molecule has 0 saturated heterocycles. The average molecular weight is 1380 g/mol. The average Bonchev–Trinajstić information content (AvgIpc) is 1.51. The second-order valence-electron chi connectivity index (χ2n) is 21.9. The van der Waals surface area contributed by atoms with Crippen LogP contribution < -0.4 is 11.1 Å². The molecule has 0 saturated carbocycles. The third-order valence-corrected chi connectivity index (χ3v) is 17.2. The summed E-state index contributed by atoms with van der Waals surface area (Å²) in [6.45, 7) is 3.46. The summed E-state index contributed by atoms with van der Waals surface area (Å²) in [4.78, 5) is 69.3. The zero-order valence-corrected chi connectivity index (χ0v) is 54.6. The molecule has 6 aromatic carbocycles. The number of halogens is 8. The Balaban J connectivity index is 0.000000265. The van der Waals surface area contributed by atoms with Crippen molar-refractivity contribution in [1.29, 1.82) is 0 Å². The van der Waals surface area contributed by atoms with E-state index in [2.05, 4.69) is 9.97 Å². The fraction of sp³-hybridized carbons (Fsp3) is 0.378. The lowest BCUT2D eigenvalue weighted by molar-refractivity contribution is -0.138. The fourth-order valence-electron chi connectivity index (χ4n) is 10.2. The number of fused-ring (bicyclic) bond motifs is 2. The van der Waals surface area contributed by atoms with E-state index in [4.69, 9.17) is 21.9 Å². The molecule has 2 aliphatic carbocycles. The summed E-state index contributed by atoms with van der Waals surface area (Å²) in [6.07, 6.45) is -14.5. The molecule has 2 amide bonds. The second kappa shape index (κ2) is 32.9.